The van der Waals surface area contributed by atoms with Gasteiger partial charge in [0.25, 0.3) is 0 Å². The Morgan fingerprint density at radius 2 is 2.17 bits per heavy atom. The molecule has 1 aromatic rings. The first-order valence-corrected chi connectivity index (χ1v) is 3.95. The van der Waals surface area contributed by atoms with Crippen LogP contribution in [0.25, 0.3) is 5.76 Å². The van der Waals surface area contributed by atoms with Gasteiger partial charge in [-0.05, 0) is 6.08 Å². The molecule has 1 aliphatic rings. The maximum absolute atomic E-state index is 5.45. The largest absolute Gasteiger partial charge is 0.488 e. The molecule has 1 aliphatic heterocycles. The highest BCUT2D eigenvalue weighted by molar-refractivity contribution is 5.67. The van der Waals surface area contributed by atoms with Gasteiger partial charge in [-0.25, -0.2) is 0 Å². The van der Waals surface area contributed by atoms with E-state index in [9.17, 15) is 0 Å². The lowest BCUT2D eigenvalue weighted by Crippen LogP contribution is -1.77. The molecule has 0 radical (unpaired) electrons. The van der Waals surface area contributed by atoms with Gasteiger partial charge in [0.1, 0.15) is 12.4 Å². The quantitative estimate of drug-likeness (QED) is 0.610. The molecule has 0 atom stereocenters. The van der Waals surface area contributed by atoms with E-state index in [-0.39, 0.29) is 0 Å². The Balaban J connectivity index is 2.49. The van der Waals surface area contributed by atoms with E-state index >= 15 is 0 Å². The lowest BCUT2D eigenvalue weighted by Gasteiger charge is -1.95. The van der Waals surface area contributed by atoms with Gasteiger partial charge in [0.2, 0.25) is 0 Å². The van der Waals surface area contributed by atoms with Crippen molar-refractivity contribution in [2.45, 2.75) is 6.61 Å². The summed E-state index contributed by atoms with van der Waals surface area (Å²) in [5.41, 5.74) is 2.45. The van der Waals surface area contributed by atoms with Crippen LogP contribution >= 0.6 is 0 Å². The van der Waals surface area contributed by atoms with Crippen LogP contribution in [0.15, 0.2) is 43.0 Å². The van der Waals surface area contributed by atoms with Crippen LogP contribution in [0, 0.1) is 0 Å². The number of hydrogen-bond acceptors (Lipinski definition) is 1. The first kappa shape index (κ1) is 7.17. The summed E-state index contributed by atoms with van der Waals surface area (Å²) in [6, 6.07) is 8.19. The molecule has 0 aromatic heterocycles. The highest BCUT2D eigenvalue weighted by atomic mass is 16.5. The summed E-state index contributed by atoms with van der Waals surface area (Å²) < 4.78 is 5.45. The van der Waals surface area contributed by atoms with Gasteiger partial charge in [-0.2, -0.15) is 0 Å². The first-order chi connectivity index (χ1) is 5.92. The second-order valence-corrected chi connectivity index (χ2v) is 2.71. The molecule has 60 valence electrons. The minimum atomic E-state index is 0.690. The standard InChI is InChI=1S/C11H10O/c1-2-5-11-10-7-4-3-6-9(10)8-12-11/h2-7H,1,8H2. The average molecular weight is 158 g/mol. The van der Waals surface area contributed by atoms with Crippen LogP contribution in [-0.4, -0.2) is 0 Å². The van der Waals surface area contributed by atoms with E-state index in [2.05, 4.69) is 18.7 Å². The SMILES string of the molecule is C=CC=C1OCc2ccccc21. The zero-order valence-corrected chi connectivity index (χ0v) is 6.79. The molecule has 0 fully saturated rings. The van der Waals surface area contributed by atoms with Gasteiger partial charge in [0.15, 0.2) is 0 Å². The summed E-state index contributed by atoms with van der Waals surface area (Å²) in [5, 5.41) is 0. The second kappa shape index (κ2) is 2.86. The maximum Gasteiger partial charge on any atom is 0.127 e. The molecule has 0 amide bonds. The number of benzene rings is 1. The van der Waals surface area contributed by atoms with Crippen LogP contribution in [0.3, 0.4) is 0 Å². The molecule has 1 heteroatoms. The van der Waals surface area contributed by atoms with E-state index in [0.717, 1.165) is 5.76 Å². The second-order valence-electron chi connectivity index (χ2n) is 2.71. The molecule has 2 rings (SSSR count). The Bertz CT molecular complexity index is 337. The van der Waals surface area contributed by atoms with Crippen LogP contribution < -0.4 is 0 Å². The lowest BCUT2D eigenvalue weighted by atomic mass is 10.1. The predicted molar refractivity (Wildman–Crippen MR) is 49.4 cm³/mol. The molecule has 1 aromatic carbocycles. The van der Waals surface area contributed by atoms with Crippen molar-refractivity contribution >= 4 is 5.76 Å². The minimum absolute atomic E-state index is 0.690. The molecule has 0 unspecified atom stereocenters. The number of hydrogen-bond donors (Lipinski definition) is 0. The number of rotatable bonds is 1. The fourth-order valence-corrected chi connectivity index (χ4v) is 1.36. The Morgan fingerprint density at radius 1 is 1.33 bits per heavy atom. The van der Waals surface area contributed by atoms with Crippen LogP contribution in [-0.2, 0) is 11.3 Å². The molecule has 0 aliphatic carbocycles. The fourth-order valence-electron chi connectivity index (χ4n) is 1.36. The monoisotopic (exact) mass is 158 g/mol. The summed E-state index contributed by atoms with van der Waals surface area (Å²) in [7, 11) is 0. The molecule has 1 nitrogen and oxygen atoms in total. The van der Waals surface area contributed by atoms with Crippen LogP contribution in [0.1, 0.15) is 11.1 Å². The average Bonchev–Trinajstić information content (AvgIpc) is 2.50. The number of fused-ring (bicyclic) bond motifs is 1. The van der Waals surface area contributed by atoms with E-state index in [1.54, 1.807) is 6.08 Å². The fraction of sp³-hybridized carbons (Fsp3) is 0.0909. The van der Waals surface area contributed by atoms with E-state index in [0.29, 0.717) is 6.61 Å². The smallest absolute Gasteiger partial charge is 0.127 e. The lowest BCUT2D eigenvalue weighted by molar-refractivity contribution is 0.285. The maximum atomic E-state index is 5.45. The normalized spacial score (nSPS) is 17.2. The van der Waals surface area contributed by atoms with Gasteiger partial charge in [-0.15, -0.1) is 0 Å². The van der Waals surface area contributed by atoms with Gasteiger partial charge >= 0.3 is 0 Å². The third-order valence-corrected chi connectivity index (χ3v) is 1.94. The Morgan fingerprint density at radius 3 is 3.00 bits per heavy atom. The van der Waals surface area contributed by atoms with Crippen LogP contribution in [0.5, 0.6) is 0 Å². The topological polar surface area (TPSA) is 9.23 Å². The zero-order valence-electron chi connectivity index (χ0n) is 6.79. The van der Waals surface area contributed by atoms with Crippen molar-refractivity contribution in [1.29, 1.82) is 0 Å². The zero-order chi connectivity index (χ0) is 8.39. The van der Waals surface area contributed by atoms with Gasteiger partial charge in [0, 0.05) is 11.1 Å². The predicted octanol–water partition coefficient (Wildman–Crippen LogP) is 2.74. The summed E-state index contributed by atoms with van der Waals surface area (Å²) in [5.74, 6) is 0.931. The number of allylic oxidation sites excluding steroid dienone is 2. The van der Waals surface area contributed by atoms with Gasteiger partial charge in [-0.3, -0.25) is 0 Å². The van der Waals surface area contributed by atoms with Crippen LogP contribution in [0.4, 0.5) is 0 Å². The summed E-state index contributed by atoms with van der Waals surface area (Å²) in [6.45, 7) is 4.33. The van der Waals surface area contributed by atoms with Gasteiger partial charge < -0.3 is 4.74 Å². The molecular formula is C11H10O. The first-order valence-electron chi connectivity index (χ1n) is 3.95. The molecule has 0 N–H and O–H groups in total. The highest BCUT2D eigenvalue weighted by Gasteiger charge is 2.14. The summed E-state index contributed by atoms with van der Waals surface area (Å²) >= 11 is 0. The Kier molecular flexibility index (Phi) is 1.71. The van der Waals surface area contributed by atoms with Gasteiger partial charge in [-0.1, -0.05) is 36.9 Å². The molecule has 12 heavy (non-hydrogen) atoms. The van der Waals surface area contributed by atoms with E-state index in [4.69, 9.17) is 4.74 Å². The van der Waals surface area contributed by atoms with Crippen molar-refractivity contribution in [2.75, 3.05) is 0 Å². The van der Waals surface area contributed by atoms with Crippen molar-refractivity contribution in [3.05, 3.63) is 54.1 Å². The Labute approximate surface area is 72.0 Å². The van der Waals surface area contributed by atoms with E-state index < -0.39 is 0 Å². The number of ether oxygens (including phenoxy) is 1. The highest BCUT2D eigenvalue weighted by Crippen LogP contribution is 2.28. The molecular weight excluding hydrogens is 148 g/mol. The van der Waals surface area contributed by atoms with Crippen molar-refractivity contribution in [3.63, 3.8) is 0 Å². The van der Waals surface area contributed by atoms with Gasteiger partial charge in [0.05, 0.1) is 0 Å². The molecule has 0 saturated carbocycles. The van der Waals surface area contributed by atoms with Crippen molar-refractivity contribution in [3.8, 4) is 0 Å². The molecule has 0 saturated heterocycles. The summed E-state index contributed by atoms with van der Waals surface area (Å²) in [4.78, 5) is 0. The molecule has 0 spiro atoms. The van der Waals surface area contributed by atoms with E-state index in [1.807, 2.05) is 18.2 Å². The Hall–Kier alpha value is -1.50. The minimum Gasteiger partial charge on any atom is -0.488 e. The molecule has 0 bridgehead atoms. The van der Waals surface area contributed by atoms with E-state index in [1.165, 1.54) is 11.1 Å². The third kappa shape index (κ3) is 1.03. The van der Waals surface area contributed by atoms with Crippen molar-refractivity contribution in [1.82, 2.24) is 0 Å². The molecule has 1 heterocycles. The van der Waals surface area contributed by atoms with Crippen LogP contribution in [0.2, 0.25) is 0 Å². The van der Waals surface area contributed by atoms with Crippen molar-refractivity contribution in [2.24, 2.45) is 0 Å². The summed E-state index contributed by atoms with van der Waals surface area (Å²) in [6.07, 6.45) is 3.64. The third-order valence-electron chi connectivity index (χ3n) is 1.94. The van der Waals surface area contributed by atoms with Crippen molar-refractivity contribution < 1.29 is 4.74 Å².